The van der Waals surface area contributed by atoms with Gasteiger partial charge in [-0.25, -0.2) is 0 Å². The van der Waals surface area contributed by atoms with Crippen LogP contribution in [0, 0.1) is 13.8 Å². The lowest BCUT2D eigenvalue weighted by atomic mass is 9.97. The fourth-order valence-corrected chi connectivity index (χ4v) is 4.17. The molecule has 0 atom stereocenters. The summed E-state index contributed by atoms with van der Waals surface area (Å²) >= 11 is 0. The normalized spacial score (nSPS) is 14.1. The van der Waals surface area contributed by atoms with Crippen molar-refractivity contribution in [2.75, 3.05) is 6.61 Å². The Morgan fingerprint density at radius 1 is 1.00 bits per heavy atom. The molecule has 0 heterocycles. The molecular formula is C31H35NO4. The van der Waals surface area contributed by atoms with Crippen LogP contribution in [0.4, 0.5) is 0 Å². The van der Waals surface area contributed by atoms with Gasteiger partial charge < -0.3 is 14.7 Å². The molecule has 1 amide bonds. The highest BCUT2D eigenvalue weighted by Gasteiger charge is 2.33. The van der Waals surface area contributed by atoms with Crippen LogP contribution >= 0.6 is 0 Å². The molecule has 36 heavy (non-hydrogen) atoms. The molecule has 3 aromatic rings. The average molecular weight is 488 g/mol. The number of rotatable bonds is 12. The third-order valence-electron chi connectivity index (χ3n) is 6.39. The second kappa shape index (κ2) is 11.9. The Hall–Kier alpha value is -3.60. The number of benzene rings is 3. The van der Waals surface area contributed by atoms with E-state index in [1.807, 2.05) is 12.1 Å². The molecule has 0 saturated heterocycles. The first-order valence-corrected chi connectivity index (χ1v) is 12.6. The lowest BCUT2D eigenvalue weighted by Gasteiger charge is -2.24. The molecule has 188 valence electrons. The first-order valence-electron chi connectivity index (χ1n) is 13.6. The van der Waals surface area contributed by atoms with Crippen LogP contribution in [-0.4, -0.2) is 34.5 Å². The minimum Gasteiger partial charge on any atom is -0.493 e. The van der Waals surface area contributed by atoms with E-state index in [2.05, 4.69) is 32.0 Å². The molecule has 0 unspecified atom stereocenters. The van der Waals surface area contributed by atoms with Crippen molar-refractivity contribution in [2.45, 2.75) is 64.9 Å². The van der Waals surface area contributed by atoms with Gasteiger partial charge in [0.15, 0.2) is 0 Å². The summed E-state index contributed by atoms with van der Waals surface area (Å²) in [6, 6.07) is 20.5. The zero-order valence-electron chi connectivity index (χ0n) is 23.0. The Balaban J connectivity index is 1.52. The van der Waals surface area contributed by atoms with Gasteiger partial charge in [-0.1, -0.05) is 54.1 Å². The fourth-order valence-electron chi connectivity index (χ4n) is 4.17. The molecule has 0 bridgehead atoms. The van der Waals surface area contributed by atoms with Crippen molar-refractivity contribution in [3.63, 3.8) is 0 Å². The maximum Gasteiger partial charge on any atom is 0.303 e. The third-order valence-corrected chi connectivity index (χ3v) is 6.39. The van der Waals surface area contributed by atoms with Crippen molar-refractivity contribution in [3.8, 4) is 16.9 Å². The number of aliphatic carboxylic acids is 1. The molecule has 1 aliphatic rings. The molecular weight excluding hydrogens is 450 g/mol. The van der Waals surface area contributed by atoms with Crippen LogP contribution in [0.3, 0.4) is 0 Å². The Kier molecular flexibility index (Phi) is 7.54. The number of unbranched alkanes of at least 4 members (excludes halogenated alkanes) is 2. The highest BCUT2D eigenvalue weighted by atomic mass is 16.5. The van der Waals surface area contributed by atoms with Crippen LogP contribution in [0.1, 0.15) is 68.3 Å². The molecule has 1 N–H and O–H groups in total. The second-order valence-corrected chi connectivity index (χ2v) is 9.46. The van der Waals surface area contributed by atoms with Gasteiger partial charge in [-0.15, -0.1) is 0 Å². The number of nitrogens with zero attached hydrogens (tertiary/aromatic N) is 1. The van der Waals surface area contributed by atoms with Crippen molar-refractivity contribution < 1.29 is 22.2 Å². The second-order valence-electron chi connectivity index (χ2n) is 9.46. The first kappa shape index (κ1) is 22.8. The van der Waals surface area contributed by atoms with E-state index in [1.54, 1.807) is 36.4 Å². The summed E-state index contributed by atoms with van der Waals surface area (Å²) in [6.07, 6.45) is 3.61. The molecule has 5 heteroatoms. The van der Waals surface area contributed by atoms with Crippen molar-refractivity contribution in [1.29, 1.82) is 0 Å². The number of carbonyl (C=O) groups excluding carboxylic acids is 1. The number of para-hydroxylation sites is 1. The molecule has 3 aromatic carbocycles. The summed E-state index contributed by atoms with van der Waals surface area (Å²) in [4.78, 5) is 25.8. The van der Waals surface area contributed by atoms with Crippen LogP contribution in [-0.2, 0) is 11.3 Å². The van der Waals surface area contributed by atoms with Crippen molar-refractivity contribution in [3.05, 3.63) is 89.0 Å². The van der Waals surface area contributed by atoms with Gasteiger partial charge in [0.25, 0.3) is 5.91 Å². The van der Waals surface area contributed by atoms with Gasteiger partial charge in [0.1, 0.15) is 5.75 Å². The number of amides is 1. The highest BCUT2D eigenvalue weighted by Crippen LogP contribution is 2.32. The van der Waals surface area contributed by atoms with Gasteiger partial charge in [-0.3, -0.25) is 9.59 Å². The molecule has 0 aromatic heterocycles. The summed E-state index contributed by atoms with van der Waals surface area (Å²) in [7, 11) is 0. The Labute approximate surface area is 216 Å². The number of carboxylic acids is 1. The fraction of sp³-hybridized carbons (Fsp3) is 0.355. The highest BCUT2D eigenvalue weighted by molar-refractivity contribution is 5.95. The minimum absolute atomic E-state index is 0.128. The topological polar surface area (TPSA) is 66.8 Å². The monoisotopic (exact) mass is 487 g/mol. The van der Waals surface area contributed by atoms with Crippen LogP contribution in [0.15, 0.2) is 66.7 Å². The lowest BCUT2D eigenvalue weighted by molar-refractivity contribution is -0.137. The molecule has 5 nitrogen and oxygen atoms in total. The van der Waals surface area contributed by atoms with E-state index in [4.69, 9.17) is 12.6 Å². The number of hydrogen-bond donors (Lipinski definition) is 1. The molecule has 0 radical (unpaired) electrons. The lowest BCUT2D eigenvalue weighted by Crippen LogP contribution is -2.32. The van der Waals surface area contributed by atoms with E-state index in [1.165, 1.54) is 10.5 Å². The number of hydrogen-bond acceptors (Lipinski definition) is 3. The van der Waals surface area contributed by atoms with Crippen molar-refractivity contribution >= 4 is 11.9 Å². The number of ether oxygens (including phenoxy) is 1. The van der Waals surface area contributed by atoms with E-state index >= 15 is 0 Å². The SMILES string of the molecule is [2H]C([2H])(c1ccccc1OCCCCCC(=O)O)N(C(=O)c1ccc(-c2cc(C)ccc2C)cc1)C1CC1. The van der Waals surface area contributed by atoms with Gasteiger partial charge in [-0.2, -0.15) is 0 Å². The Morgan fingerprint density at radius 3 is 2.47 bits per heavy atom. The van der Waals surface area contributed by atoms with E-state index in [-0.39, 0.29) is 18.4 Å². The minimum atomic E-state index is -2.07. The van der Waals surface area contributed by atoms with E-state index in [0.717, 1.165) is 29.5 Å². The van der Waals surface area contributed by atoms with Crippen molar-refractivity contribution in [1.82, 2.24) is 4.90 Å². The quantitative estimate of drug-likeness (QED) is 0.285. The molecule has 1 saturated carbocycles. The van der Waals surface area contributed by atoms with E-state index in [9.17, 15) is 9.59 Å². The summed E-state index contributed by atoms with van der Waals surface area (Å²) in [5.41, 5.74) is 5.23. The zero-order valence-corrected chi connectivity index (χ0v) is 21.0. The number of carboxylic acid groups (broad SMARTS) is 1. The third kappa shape index (κ3) is 6.75. The first-order chi connectivity index (χ1) is 18.2. The largest absolute Gasteiger partial charge is 0.493 e. The average Bonchev–Trinajstić information content (AvgIpc) is 3.72. The van der Waals surface area contributed by atoms with Crippen LogP contribution in [0.5, 0.6) is 5.75 Å². The molecule has 0 aliphatic heterocycles. The summed E-state index contributed by atoms with van der Waals surface area (Å²) in [5.74, 6) is -0.748. The van der Waals surface area contributed by atoms with Crippen LogP contribution in [0.25, 0.3) is 11.1 Å². The van der Waals surface area contributed by atoms with Gasteiger partial charge >= 0.3 is 5.97 Å². The number of carbonyl (C=O) groups is 2. The molecule has 0 spiro atoms. The van der Waals surface area contributed by atoms with Gasteiger partial charge in [0.2, 0.25) is 0 Å². The molecule has 1 fully saturated rings. The summed E-state index contributed by atoms with van der Waals surface area (Å²) in [6.45, 7) is 2.40. The Bertz CT molecular complexity index is 1290. The van der Waals surface area contributed by atoms with Crippen LogP contribution < -0.4 is 4.74 Å². The molecule has 4 rings (SSSR count). The number of aryl methyl sites for hydroxylation is 2. The summed E-state index contributed by atoms with van der Waals surface area (Å²) in [5, 5.41) is 8.78. The van der Waals surface area contributed by atoms with Gasteiger partial charge in [0, 0.05) is 30.1 Å². The predicted molar refractivity (Wildman–Crippen MR) is 142 cm³/mol. The van der Waals surface area contributed by atoms with Gasteiger partial charge in [-0.05, 0) is 80.8 Å². The predicted octanol–water partition coefficient (Wildman–Crippen LogP) is 6.80. The van der Waals surface area contributed by atoms with E-state index < -0.39 is 12.5 Å². The standard InChI is InChI=1S/C31H35NO4/c1-22-11-12-23(2)28(20-22)24-13-15-25(16-14-24)31(35)32(27-17-18-27)21-26-8-5-6-9-29(26)36-19-7-3-4-10-30(33)34/h5-6,8-9,11-16,20,27H,3-4,7,10,17-19,21H2,1-2H3,(H,33,34)/i21D2. The van der Waals surface area contributed by atoms with Gasteiger partial charge in [0.05, 0.1) is 9.35 Å². The Morgan fingerprint density at radius 2 is 1.75 bits per heavy atom. The molecule has 1 aliphatic carbocycles. The smallest absolute Gasteiger partial charge is 0.303 e. The van der Waals surface area contributed by atoms with Crippen molar-refractivity contribution in [2.24, 2.45) is 0 Å². The van der Waals surface area contributed by atoms with E-state index in [0.29, 0.717) is 42.7 Å². The summed E-state index contributed by atoms with van der Waals surface area (Å²) < 4.78 is 24.1. The van der Waals surface area contributed by atoms with Crippen LogP contribution in [0.2, 0.25) is 0 Å². The maximum atomic E-state index is 13.7. The zero-order chi connectivity index (χ0) is 27.3. The maximum absolute atomic E-state index is 13.7.